The van der Waals surface area contributed by atoms with Gasteiger partial charge in [-0.25, -0.2) is 0 Å². The molecule has 154 valence electrons. The van der Waals surface area contributed by atoms with Crippen molar-refractivity contribution < 1.29 is 9.59 Å². The van der Waals surface area contributed by atoms with E-state index in [0.29, 0.717) is 17.2 Å². The molecule has 4 heteroatoms. The monoisotopic (exact) mass is 392 g/mol. The second-order valence-electron chi connectivity index (χ2n) is 8.05. The van der Waals surface area contributed by atoms with Gasteiger partial charge in [-0.05, 0) is 55.2 Å². The van der Waals surface area contributed by atoms with Crippen molar-refractivity contribution in [3.05, 3.63) is 60.2 Å². The number of hydrogen-bond donors (Lipinski definition) is 2. The second-order valence-corrected chi connectivity index (χ2v) is 8.05. The van der Waals surface area contributed by atoms with Crippen LogP contribution in [-0.2, 0) is 4.79 Å². The number of amides is 2. The molecule has 2 amide bonds. The number of carbonyl (C=O) groups excluding carboxylic acids is 2. The third-order valence-corrected chi connectivity index (χ3v) is 5.63. The molecule has 2 atom stereocenters. The van der Waals surface area contributed by atoms with Gasteiger partial charge in [-0.1, -0.05) is 63.6 Å². The Balaban J connectivity index is 1.38. The van der Waals surface area contributed by atoms with Gasteiger partial charge in [0.05, 0.1) is 0 Å². The molecule has 0 spiro atoms. The van der Waals surface area contributed by atoms with Crippen LogP contribution in [-0.4, -0.2) is 11.8 Å². The summed E-state index contributed by atoms with van der Waals surface area (Å²) in [6.07, 6.45) is 10.0. The average molecular weight is 393 g/mol. The summed E-state index contributed by atoms with van der Waals surface area (Å²) in [5.74, 6) is 0.716. The van der Waals surface area contributed by atoms with E-state index in [0.717, 1.165) is 12.1 Å². The molecule has 1 fully saturated rings. The van der Waals surface area contributed by atoms with Crippen LogP contribution in [0.3, 0.4) is 0 Å². The molecular weight excluding hydrogens is 360 g/mol. The Labute approximate surface area is 174 Å². The number of rotatable bonds is 11. The van der Waals surface area contributed by atoms with Crippen molar-refractivity contribution in [2.24, 2.45) is 11.8 Å². The maximum absolute atomic E-state index is 12.4. The molecule has 0 aromatic heterocycles. The second kappa shape index (κ2) is 10.8. The van der Waals surface area contributed by atoms with Crippen molar-refractivity contribution >= 4 is 23.2 Å². The van der Waals surface area contributed by atoms with Crippen molar-refractivity contribution in [3.63, 3.8) is 0 Å². The fourth-order valence-electron chi connectivity index (χ4n) is 3.74. The highest BCUT2D eigenvalue weighted by Crippen LogP contribution is 2.43. The van der Waals surface area contributed by atoms with E-state index in [1.54, 1.807) is 12.1 Å². The summed E-state index contributed by atoms with van der Waals surface area (Å²) >= 11 is 0. The van der Waals surface area contributed by atoms with E-state index < -0.39 is 0 Å². The van der Waals surface area contributed by atoms with Crippen LogP contribution in [0, 0.1) is 11.8 Å². The quantitative estimate of drug-likeness (QED) is 0.443. The van der Waals surface area contributed by atoms with E-state index in [1.165, 1.54) is 44.9 Å². The number of unbranched alkanes of at least 4 members (excludes halogenated alkanes) is 5. The summed E-state index contributed by atoms with van der Waals surface area (Å²) in [5.41, 5.74) is 2.11. The molecule has 0 radical (unpaired) electrons. The third-order valence-electron chi connectivity index (χ3n) is 5.63. The number of hydrogen-bond acceptors (Lipinski definition) is 2. The van der Waals surface area contributed by atoms with Crippen molar-refractivity contribution in [1.29, 1.82) is 0 Å². The van der Waals surface area contributed by atoms with E-state index >= 15 is 0 Å². The summed E-state index contributed by atoms with van der Waals surface area (Å²) in [6, 6.07) is 16.4. The smallest absolute Gasteiger partial charge is 0.255 e. The summed E-state index contributed by atoms with van der Waals surface area (Å²) < 4.78 is 0. The van der Waals surface area contributed by atoms with Crippen LogP contribution in [0.5, 0.6) is 0 Å². The largest absolute Gasteiger partial charge is 0.326 e. The molecule has 0 bridgehead atoms. The van der Waals surface area contributed by atoms with Gasteiger partial charge >= 0.3 is 0 Å². The first-order valence-corrected chi connectivity index (χ1v) is 10.9. The van der Waals surface area contributed by atoms with Gasteiger partial charge in [0.1, 0.15) is 0 Å². The SMILES string of the molecule is CCCCCCCC[C@H]1C[C@H]1C(=O)Nc1ccc(NC(=O)c2ccccc2)cc1. The summed E-state index contributed by atoms with van der Waals surface area (Å²) in [7, 11) is 0. The van der Waals surface area contributed by atoms with Gasteiger partial charge in [-0.3, -0.25) is 9.59 Å². The molecule has 1 aliphatic rings. The Bertz CT molecular complexity index is 786. The Hall–Kier alpha value is -2.62. The van der Waals surface area contributed by atoms with Crippen molar-refractivity contribution in [1.82, 2.24) is 0 Å². The molecule has 0 aliphatic heterocycles. The topological polar surface area (TPSA) is 58.2 Å². The van der Waals surface area contributed by atoms with Crippen LogP contribution in [0.15, 0.2) is 54.6 Å². The summed E-state index contributed by atoms with van der Waals surface area (Å²) in [6.45, 7) is 2.24. The first-order chi connectivity index (χ1) is 14.2. The fourth-order valence-corrected chi connectivity index (χ4v) is 3.74. The number of benzene rings is 2. The summed E-state index contributed by atoms with van der Waals surface area (Å²) in [5, 5.41) is 5.88. The molecule has 2 N–H and O–H groups in total. The maximum atomic E-state index is 12.4. The van der Waals surface area contributed by atoms with Gasteiger partial charge < -0.3 is 10.6 Å². The highest BCUT2D eigenvalue weighted by Gasteiger charge is 2.42. The van der Waals surface area contributed by atoms with Gasteiger partial charge in [-0.2, -0.15) is 0 Å². The van der Waals surface area contributed by atoms with Gasteiger partial charge in [0.2, 0.25) is 5.91 Å². The van der Waals surface area contributed by atoms with Crippen LogP contribution < -0.4 is 10.6 Å². The Morgan fingerprint density at radius 3 is 2.14 bits per heavy atom. The molecule has 1 aliphatic carbocycles. The minimum atomic E-state index is -0.141. The number of carbonyl (C=O) groups is 2. The van der Waals surface area contributed by atoms with Crippen molar-refractivity contribution in [3.8, 4) is 0 Å². The molecule has 3 rings (SSSR count). The highest BCUT2D eigenvalue weighted by atomic mass is 16.2. The van der Waals surface area contributed by atoms with Crippen LogP contribution in [0.2, 0.25) is 0 Å². The van der Waals surface area contributed by atoms with E-state index in [1.807, 2.05) is 42.5 Å². The Morgan fingerprint density at radius 1 is 0.828 bits per heavy atom. The van der Waals surface area contributed by atoms with Crippen molar-refractivity contribution in [2.75, 3.05) is 10.6 Å². The van der Waals surface area contributed by atoms with Gasteiger partial charge in [0.15, 0.2) is 0 Å². The lowest BCUT2D eigenvalue weighted by molar-refractivity contribution is -0.117. The van der Waals surface area contributed by atoms with E-state index in [9.17, 15) is 9.59 Å². The molecule has 0 unspecified atom stereocenters. The zero-order chi connectivity index (χ0) is 20.5. The van der Waals surface area contributed by atoms with Crippen LogP contribution in [0.1, 0.15) is 68.6 Å². The van der Waals surface area contributed by atoms with Gasteiger partial charge in [-0.15, -0.1) is 0 Å². The molecule has 2 aromatic carbocycles. The van der Waals surface area contributed by atoms with Crippen LogP contribution in [0.4, 0.5) is 11.4 Å². The third kappa shape index (κ3) is 6.74. The predicted octanol–water partition coefficient (Wildman–Crippen LogP) is 6.26. The number of nitrogens with one attached hydrogen (secondary N) is 2. The Morgan fingerprint density at radius 2 is 1.45 bits per heavy atom. The molecule has 4 nitrogen and oxygen atoms in total. The minimum absolute atomic E-state index is 0.127. The van der Waals surface area contributed by atoms with Gasteiger partial charge in [0, 0.05) is 22.9 Å². The Kier molecular flexibility index (Phi) is 7.85. The lowest BCUT2D eigenvalue weighted by atomic mass is 10.1. The molecule has 2 aromatic rings. The van der Waals surface area contributed by atoms with E-state index in [2.05, 4.69) is 17.6 Å². The minimum Gasteiger partial charge on any atom is -0.326 e. The predicted molar refractivity (Wildman–Crippen MR) is 119 cm³/mol. The zero-order valence-corrected chi connectivity index (χ0v) is 17.3. The maximum Gasteiger partial charge on any atom is 0.255 e. The lowest BCUT2D eigenvalue weighted by Gasteiger charge is -2.08. The molecule has 29 heavy (non-hydrogen) atoms. The standard InChI is InChI=1S/C25H32N2O2/c1-2-3-4-5-6-8-13-20-18-23(20)25(29)27-22-16-14-21(15-17-22)26-24(28)19-11-9-7-10-12-19/h7,9-12,14-17,20,23H,2-6,8,13,18H2,1H3,(H,26,28)(H,27,29)/t20-,23+/m0/s1. The lowest BCUT2D eigenvalue weighted by Crippen LogP contribution is -2.15. The van der Waals surface area contributed by atoms with Gasteiger partial charge in [0.25, 0.3) is 5.91 Å². The summed E-state index contributed by atoms with van der Waals surface area (Å²) in [4.78, 5) is 24.6. The molecule has 0 heterocycles. The first-order valence-electron chi connectivity index (χ1n) is 10.9. The molecular formula is C25H32N2O2. The van der Waals surface area contributed by atoms with E-state index in [-0.39, 0.29) is 17.7 Å². The fraction of sp³-hybridized carbons (Fsp3) is 0.440. The first kappa shape index (κ1) is 21.1. The highest BCUT2D eigenvalue weighted by molar-refractivity contribution is 6.04. The normalized spacial score (nSPS) is 17.6. The molecule has 0 saturated heterocycles. The van der Waals surface area contributed by atoms with E-state index in [4.69, 9.17) is 0 Å². The zero-order valence-electron chi connectivity index (χ0n) is 17.3. The average Bonchev–Trinajstić information content (AvgIpc) is 3.52. The van der Waals surface area contributed by atoms with Crippen LogP contribution >= 0.6 is 0 Å². The van der Waals surface area contributed by atoms with Crippen molar-refractivity contribution in [2.45, 2.75) is 58.3 Å². The number of anilines is 2. The van der Waals surface area contributed by atoms with Crippen LogP contribution in [0.25, 0.3) is 0 Å². The molecule has 1 saturated carbocycles.